The van der Waals surface area contributed by atoms with Crippen LogP contribution in [0.2, 0.25) is 0 Å². The minimum atomic E-state index is -0.112. The normalized spacial score (nSPS) is 14.5. The summed E-state index contributed by atoms with van der Waals surface area (Å²) in [6.45, 7) is 2.27. The zero-order chi connectivity index (χ0) is 16.0. The molecule has 1 amide bonds. The van der Waals surface area contributed by atoms with Crippen LogP contribution >= 0.6 is 0 Å². The maximum absolute atomic E-state index is 12.9. The largest absolute Gasteiger partial charge is 0.450 e. The van der Waals surface area contributed by atoms with Crippen molar-refractivity contribution in [3.63, 3.8) is 0 Å². The van der Waals surface area contributed by atoms with Crippen LogP contribution in [0.1, 0.15) is 29.0 Å². The van der Waals surface area contributed by atoms with Gasteiger partial charge in [-0.25, -0.2) is 0 Å². The van der Waals surface area contributed by atoms with E-state index >= 15 is 0 Å². The molecule has 1 N–H and O–H groups in total. The smallest absolute Gasteiger partial charge is 0.290 e. The molecule has 23 heavy (non-hydrogen) atoms. The van der Waals surface area contributed by atoms with Crippen LogP contribution in [0.25, 0.3) is 21.7 Å². The molecule has 2 aromatic carbocycles. The molecule has 1 aliphatic carbocycles. The van der Waals surface area contributed by atoms with E-state index < -0.39 is 0 Å². The molecule has 0 radical (unpaired) electrons. The van der Waals surface area contributed by atoms with Crippen LogP contribution in [0.3, 0.4) is 0 Å². The Bertz CT molecular complexity index is 892. The summed E-state index contributed by atoms with van der Waals surface area (Å²) in [6.07, 6.45) is 2.02. The molecule has 0 unspecified atom stereocenters. The first-order valence-corrected chi connectivity index (χ1v) is 8.03. The van der Waals surface area contributed by atoms with Gasteiger partial charge in [0.15, 0.2) is 5.76 Å². The first-order chi connectivity index (χ1) is 11.2. The zero-order valence-corrected chi connectivity index (χ0v) is 13.1. The molecule has 1 heterocycles. The van der Waals surface area contributed by atoms with Crippen molar-refractivity contribution >= 4 is 27.6 Å². The average molecular weight is 309 g/mol. The topological polar surface area (TPSA) is 53.7 Å². The van der Waals surface area contributed by atoms with Crippen molar-refractivity contribution in [1.29, 1.82) is 0 Å². The fraction of sp³-hybridized carbons (Fsp3) is 0.316. The number of aliphatic hydroxyl groups excluding tert-OH is 1. The quantitative estimate of drug-likeness (QED) is 0.802. The van der Waals surface area contributed by atoms with Crippen molar-refractivity contribution < 1.29 is 14.3 Å². The molecule has 1 saturated carbocycles. The van der Waals surface area contributed by atoms with E-state index in [1.807, 2.05) is 37.3 Å². The van der Waals surface area contributed by atoms with Crippen molar-refractivity contribution in [1.82, 2.24) is 4.90 Å². The van der Waals surface area contributed by atoms with Crippen LogP contribution in [-0.2, 0) is 0 Å². The number of benzene rings is 2. The average Bonchev–Trinajstić information content (AvgIpc) is 3.35. The number of aliphatic hydroxyl groups is 1. The summed E-state index contributed by atoms with van der Waals surface area (Å²) >= 11 is 0. The summed E-state index contributed by atoms with van der Waals surface area (Å²) in [5.41, 5.74) is 1.64. The van der Waals surface area contributed by atoms with Gasteiger partial charge in [0.2, 0.25) is 0 Å². The Labute approximate surface area is 134 Å². The van der Waals surface area contributed by atoms with Crippen molar-refractivity contribution in [2.45, 2.75) is 25.8 Å². The number of hydrogen-bond donors (Lipinski definition) is 1. The first-order valence-electron chi connectivity index (χ1n) is 8.03. The summed E-state index contributed by atoms with van der Waals surface area (Å²) in [7, 11) is 0. The molecule has 0 atom stereocenters. The second kappa shape index (κ2) is 5.39. The van der Waals surface area contributed by atoms with Crippen LogP contribution < -0.4 is 0 Å². The molecule has 0 aliphatic heterocycles. The highest BCUT2D eigenvalue weighted by molar-refractivity contribution is 6.08. The number of fused-ring (bicyclic) bond motifs is 3. The van der Waals surface area contributed by atoms with Gasteiger partial charge in [-0.05, 0) is 25.2 Å². The molecule has 0 saturated heterocycles. The number of rotatable bonds is 4. The van der Waals surface area contributed by atoms with Crippen molar-refractivity contribution in [3.05, 3.63) is 47.7 Å². The lowest BCUT2D eigenvalue weighted by Crippen LogP contribution is -2.35. The van der Waals surface area contributed by atoms with Crippen LogP contribution in [0, 0.1) is 6.92 Å². The molecule has 0 bridgehead atoms. The van der Waals surface area contributed by atoms with E-state index in [2.05, 4.69) is 6.07 Å². The molecule has 0 spiro atoms. The summed E-state index contributed by atoms with van der Waals surface area (Å²) in [5, 5.41) is 12.3. The molecule has 1 aliphatic rings. The number of nitrogens with zero attached hydrogens (tertiary/aromatic N) is 1. The van der Waals surface area contributed by atoms with Gasteiger partial charge >= 0.3 is 0 Å². The number of amides is 1. The molecular weight excluding hydrogens is 290 g/mol. The Morgan fingerprint density at radius 1 is 1.22 bits per heavy atom. The van der Waals surface area contributed by atoms with Crippen molar-refractivity contribution in [3.8, 4) is 0 Å². The van der Waals surface area contributed by atoms with Crippen molar-refractivity contribution in [2.24, 2.45) is 0 Å². The van der Waals surface area contributed by atoms with Gasteiger partial charge in [0.1, 0.15) is 5.58 Å². The molecular formula is C19H19NO3. The van der Waals surface area contributed by atoms with E-state index in [-0.39, 0.29) is 18.6 Å². The highest BCUT2D eigenvalue weighted by Gasteiger charge is 2.35. The lowest BCUT2D eigenvalue weighted by Gasteiger charge is -2.20. The Morgan fingerprint density at radius 3 is 2.74 bits per heavy atom. The van der Waals surface area contributed by atoms with E-state index in [4.69, 9.17) is 4.42 Å². The zero-order valence-electron chi connectivity index (χ0n) is 13.1. The molecule has 1 fully saturated rings. The maximum Gasteiger partial charge on any atom is 0.290 e. The second-order valence-electron chi connectivity index (χ2n) is 6.17. The summed E-state index contributed by atoms with van der Waals surface area (Å²) in [5.74, 6) is 0.288. The molecule has 118 valence electrons. The van der Waals surface area contributed by atoms with Crippen LogP contribution in [-0.4, -0.2) is 35.1 Å². The number of carbonyl (C=O) groups excluding carboxylic acids is 1. The third kappa shape index (κ3) is 2.30. The van der Waals surface area contributed by atoms with Gasteiger partial charge in [-0.15, -0.1) is 0 Å². The van der Waals surface area contributed by atoms with Crippen molar-refractivity contribution in [2.75, 3.05) is 13.2 Å². The van der Waals surface area contributed by atoms with E-state index in [1.54, 1.807) is 4.90 Å². The van der Waals surface area contributed by atoms with Crippen LogP contribution in [0.4, 0.5) is 0 Å². The molecule has 4 heteroatoms. The predicted octanol–water partition coefficient (Wildman–Crippen LogP) is 3.49. The van der Waals surface area contributed by atoms with Gasteiger partial charge < -0.3 is 14.4 Å². The predicted molar refractivity (Wildman–Crippen MR) is 89.6 cm³/mol. The number of aryl methyl sites for hydroxylation is 1. The maximum atomic E-state index is 12.9. The van der Waals surface area contributed by atoms with Gasteiger partial charge in [0.05, 0.1) is 6.61 Å². The highest BCUT2D eigenvalue weighted by Crippen LogP contribution is 2.34. The lowest BCUT2D eigenvalue weighted by molar-refractivity contribution is 0.0677. The van der Waals surface area contributed by atoms with E-state index in [0.29, 0.717) is 12.3 Å². The van der Waals surface area contributed by atoms with Gasteiger partial charge in [0, 0.05) is 28.9 Å². The monoisotopic (exact) mass is 309 g/mol. The van der Waals surface area contributed by atoms with E-state index in [0.717, 1.165) is 40.1 Å². The van der Waals surface area contributed by atoms with Gasteiger partial charge in [0.25, 0.3) is 5.91 Å². The number of hydrogen-bond acceptors (Lipinski definition) is 3. The Balaban J connectivity index is 1.85. The second-order valence-corrected chi connectivity index (χ2v) is 6.17. The third-order valence-electron chi connectivity index (χ3n) is 4.61. The summed E-state index contributed by atoms with van der Waals surface area (Å²) in [4.78, 5) is 14.6. The minimum absolute atomic E-state index is 0.0234. The standard InChI is InChI=1S/C19H19NO3/c1-12-15-9-6-13-4-2-3-5-16(13)18(15)23-17(12)19(22)20(10-11-21)14-7-8-14/h2-6,9,14,21H,7-8,10-11H2,1H3. The fourth-order valence-corrected chi connectivity index (χ4v) is 3.23. The molecule has 3 aromatic rings. The van der Waals surface area contributed by atoms with Gasteiger partial charge in [-0.1, -0.05) is 36.4 Å². The minimum Gasteiger partial charge on any atom is -0.450 e. The van der Waals surface area contributed by atoms with Gasteiger partial charge in [-0.3, -0.25) is 4.79 Å². The first kappa shape index (κ1) is 14.3. The lowest BCUT2D eigenvalue weighted by atomic mass is 10.1. The Kier molecular flexibility index (Phi) is 3.34. The fourth-order valence-electron chi connectivity index (χ4n) is 3.23. The summed E-state index contributed by atoms with van der Waals surface area (Å²) < 4.78 is 6.01. The van der Waals surface area contributed by atoms with E-state index in [9.17, 15) is 9.90 Å². The Hall–Kier alpha value is -2.33. The highest BCUT2D eigenvalue weighted by atomic mass is 16.3. The van der Waals surface area contributed by atoms with Crippen LogP contribution in [0.5, 0.6) is 0 Å². The third-order valence-corrected chi connectivity index (χ3v) is 4.61. The summed E-state index contributed by atoms with van der Waals surface area (Å²) in [6, 6.07) is 12.3. The SMILES string of the molecule is Cc1c(C(=O)N(CCO)C2CC2)oc2c1ccc1ccccc12. The van der Waals surface area contributed by atoms with Crippen LogP contribution in [0.15, 0.2) is 40.8 Å². The molecule has 4 nitrogen and oxygen atoms in total. The number of furan rings is 1. The van der Waals surface area contributed by atoms with Gasteiger partial charge in [-0.2, -0.15) is 0 Å². The number of carbonyl (C=O) groups is 1. The Morgan fingerprint density at radius 2 is 2.00 bits per heavy atom. The van der Waals surface area contributed by atoms with E-state index in [1.165, 1.54) is 0 Å². The molecule has 1 aromatic heterocycles. The molecule has 4 rings (SSSR count).